The van der Waals surface area contributed by atoms with E-state index in [1.54, 1.807) is 0 Å². The molecule has 0 aromatic heterocycles. The van der Waals surface area contributed by atoms with E-state index in [0.717, 1.165) is 19.5 Å². The van der Waals surface area contributed by atoms with Crippen molar-refractivity contribution in [2.24, 2.45) is 0 Å². The molecule has 0 aliphatic heterocycles. The molecule has 0 aliphatic rings. The maximum Gasteiger partial charge on any atom is 0.221 e. The second-order valence-electron chi connectivity index (χ2n) is 3.14. The van der Waals surface area contributed by atoms with Crippen molar-refractivity contribution in [2.75, 3.05) is 39.5 Å². The minimum Gasteiger partial charge on any atom is -0.394 e. The van der Waals surface area contributed by atoms with E-state index in [1.165, 1.54) is 0 Å². The van der Waals surface area contributed by atoms with E-state index in [2.05, 4.69) is 10.6 Å². The summed E-state index contributed by atoms with van der Waals surface area (Å²) in [5.41, 5.74) is 0. The van der Waals surface area contributed by atoms with Crippen LogP contribution in [0.2, 0.25) is 0 Å². The second-order valence-corrected chi connectivity index (χ2v) is 3.14. The van der Waals surface area contributed by atoms with Crippen LogP contribution in [0.3, 0.4) is 0 Å². The topological polar surface area (TPSA) is 70.6 Å². The van der Waals surface area contributed by atoms with Gasteiger partial charge in [0.25, 0.3) is 0 Å². The lowest BCUT2D eigenvalue weighted by Crippen LogP contribution is -2.28. The molecule has 1 amide bonds. The minimum absolute atomic E-state index is 0.0506. The largest absolute Gasteiger partial charge is 0.394 e. The van der Waals surface area contributed by atoms with Crippen LogP contribution in [0.25, 0.3) is 0 Å². The van der Waals surface area contributed by atoms with Crippen LogP contribution in [0.5, 0.6) is 0 Å². The van der Waals surface area contributed by atoms with E-state index in [-0.39, 0.29) is 12.5 Å². The Hall–Kier alpha value is -0.650. The molecule has 0 atom stereocenters. The van der Waals surface area contributed by atoms with Crippen molar-refractivity contribution in [3.63, 3.8) is 0 Å². The van der Waals surface area contributed by atoms with Crippen LogP contribution >= 0.6 is 0 Å². The lowest BCUT2D eigenvalue weighted by atomic mass is 10.3. The summed E-state index contributed by atoms with van der Waals surface area (Å²) in [6.45, 7) is 5.26. The number of amides is 1. The number of hydrogen-bond acceptors (Lipinski definition) is 4. The highest BCUT2D eigenvalue weighted by atomic mass is 16.5. The van der Waals surface area contributed by atoms with Crippen LogP contribution in [0.1, 0.15) is 19.8 Å². The zero-order valence-corrected chi connectivity index (χ0v) is 9.42. The molecular weight excluding hydrogens is 196 g/mol. The van der Waals surface area contributed by atoms with Crippen molar-refractivity contribution in [1.82, 2.24) is 10.6 Å². The van der Waals surface area contributed by atoms with Crippen LogP contribution in [0.4, 0.5) is 0 Å². The van der Waals surface area contributed by atoms with Gasteiger partial charge in [-0.1, -0.05) is 6.92 Å². The first-order chi connectivity index (χ1) is 7.31. The van der Waals surface area contributed by atoms with Crippen molar-refractivity contribution < 1.29 is 14.6 Å². The predicted molar refractivity (Wildman–Crippen MR) is 58.7 cm³/mol. The maximum atomic E-state index is 11.2. The molecule has 0 fully saturated rings. The molecule has 0 unspecified atom stereocenters. The third-order valence-electron chi connectivity index (χ3n) is 1.80. The van der Waals surface area contributed by atoms with Crippen LogP contribution in [-0.4, -0.2) is 50.5 Å². The summed E-state index contributed by atoms with van der Waals surface area (Å²) in [6.07, 6.45) is 1.30. The Bertz CT molecular complexity index is 154. The van der Waals surface area contributed by atoms with Gasteiger partial charge in [0.15, 0.2) is 0 Å². The molecule has 0 rings (SSSR count). The van der Waals surface area contributed by atoms with Gasteiger partial charge in [-0.3, -0.25) is 4.79 Å². The lowest BCUT2D eigenvalue weighted by Gasteiger charge is -2.05. The molecule has 0 saturated heterocycles. The van der Waals surface area contributed by atoms with Gasteiger partial charge in [0.05, 0.1) is 13.2 Å². The molecule has 0 saturated carbocycles. The van der Waals surface area contributed by atoms with Crippen LogP contribution in [-0.2, 0) is 9.53 Å². The summed E-state index contributed by atoms with van der Waals surface area (Å²) in [7, 11) is 0. The zero-order chi connectivity index (χ0) is 11.4. The monoisotopic (exact) mass is 218 g/mol. The van der Waals surface area contributed by atoms with E-state index in [4.69, 9.17) is 9.84 Å². The molecule has 0 heterocycles. The summed E-state index contributed by atoms with van der Waals surface area (Å²) in [6, 6.07) is 0. The van der Waals surface area contributed by atoms with E-state index in [1.807, 2.05) is 6.92 Å². The smallest absolute Gasteiger partial charge is 0.221 e. The van der Waals surface area contributed by atoms with Crippen LogP contribution in [0.15, 0.2) is 0 Å². The number of hydrogen-bond donors (Lipinski definition) is 3. The standard InChI is InChI=1S/C10H22N2O3/c1-2-11-6-4-10(14)12-5-3-8-15-9-7-13/h11,13H,2-9H2,1H3,(H,12,14). The number of aliphatic hydroxyl groups excluding tert-OH is 1. The molecule has 5 nitrogen and oxygen atoms in total. The van der Waals surface area contributed by atoms with Crippen LogP contribution in [0, 0.1) is 0 Å². The first kappa shape index (κ1) is 14.3. The van der Waals surface area contributed by atoms with Crippen molar-refractivity contribution in [1.29, 1.82) is 0 Å². The number of nitrogens with one attached hydrogen (secondary N) is 2. The highest BCUT2D eigenvalue weighted by Crippen LogP contribution is 1.82. The van der Waals surface area contributed by atoms with Gasteiger partial charge in [-0.05, 0) is 13.0 Å². The minimum atomic E-state index is 0.0506. The lowest BCUT2D eigenvalue weighted by molar-refractivity contribution is -0.121. The Labute approximate surface area is 91.2 Å². The quantitative estimate of drug-likeness (QED) is 0.432. The van der Waals surface area contributed by atoms with Gasteiger partial charge in [0.1, 0.15) is 0 Å². The van der Waals surface area contributed by atoms with Gasteiger partial charge < -0.3 is 20.5 Å². The predicted octanol–water partition coefficient (Wildman–Crippen LogP) is -0.499. The zero-order valence-electron chi connectivity index (χ0n) is 9.42. The Morgan fingerprint density at radius 1 is 1.33 bits per heavy atom. The van der Waals surface area contributed by atoms with Crippen molar-refractivity contribution in [3.8, 4) is 0 Å². The Morgan fingerprint density at radius 3 is 2.80 bits per heavy atom. The number of carbonyl (C=O) groups excluding carboxylic acids is 1. The molecule has 0 aromatic carbocycles. The number of ether oxygens (including phenoxy) is 1. The maximum absolute atomic E-state index is 11.2. The van der Waals surface area contributed by atoms with Gasteiger partial charge in [0, 0.05) is 26.1 Å². The summed E-state index contributed by atoms with van der Waals surface area (Å²) in [5.74, 6) is 0.0677. The average Bonchev–Trinajstić information content (AvgIpc) is 2.23. The third kappa shape index (κ3) is 11.3. The van der Waals surface area contributed by atoms with Gasteiger partial charge in [-0.15, -0.1) is 0 Å². The highest BCUT2D eigenvalue weighted by molar-refractivity contribution is 5.75. The molecular formula is C10H22N2O3. The summed E-state index contributed by atoms with van der Waals surface area (Å²) in [5, 5.41) is 14.3. The molecule has 0 aliphatic carbocycles. The molecule has 0 aromatic rings. The molecule has 0 bridgehead atoms. The molecule has 0 radical (unpaired) electrons. The fourth-order valence-electron chi connectivity index (χ4n) is 1.04. The van der Waals surface area contributed by atoms with Gasteiger partial charge >= 0.3 is 0 Å². The Balaban J connectivity index is 3.10. The third-order valence-corrected chi connectivity index (χ3v) is 1.80. The fraction of sp³-hybridized carbons (Fsp3) is 0.900. The summed E-state index contributed by atoms with van der Waals surface area (Å²) >= 11 is 0. The fourth-order valence-corrected chi connectivity index (χ4v) is 1.04. The SMILES string of the molecule is CCNCCC(=O)NCCCOCCO. The van der Waals surface area contributed by atoms with E-state index in [9.17, 15) is 4.79 Å². The molecule has 15 heavy (non-hydrogen) atoms. The Morgan fingerprint density at radius 2 is 2.13 bits per heavy atom. The van der Waals surface area contributed by atoms with Gasteiger partial charge in [-0.25, -0.2) is 0 Å². The van der Waals surface area contributed by atoms with E-state index < -0.39 is 0 Å². The number of rotatable bonds is 10. The number of aliphatic hydroxyl groups is 1. The van der Waals surface area contributed by atoms with Gasteiger partial charge in [0.2, 0.25) is 5.91 Å². The molecule has 3 N–H and O–H groups in total. The summed E-state index contributed by atoms with van der Waals surface area (Å²) in [4.78, 5) is 11.2. The molecule has 5 heteroatoms. The second kappa shape index (κ2) is 11.4. The summed E-state index contributed by atoms with van der Waals surface area (Å²) < 4.78 is 5.05. The highest BCUT2D eigenvalue weighted by Gasteiger charge is 1.98. The van der Waals surface area contributed by atoms with Crippen LogP contribution < -0.4 is 10.6 Å². The average molecular weight is 218 g/mol. The molecule has 90 valence electrons. The van der Waals surface area contributed by atoms with E-state index in [0.29, 0.717) is 26.2 Å². The number of carbonyl (C=O) groups is 1. The Kier molecular flexibility index (Phi) is 10.9. The normalized spacial score (nSPS) is 10.3. The van der Waals surface area contributed by atoms with Gasteiger partial charge in [-0.2, -0.15) is 0 Å². The van der Waals surface area contributed by atoms with Crippen molar-refractivity contribution in [3.05, 3.63) is 0 Å². The molecule has 0 spiro atoms. The van der Waals surface area contributed by atoms with Crippen molar-refractivity contribution in [2.45, 2.75) is 19.8 Å². The first-order valence-electron chi connectivity index (χ1n) is 5.47. The first-order valence-corrected chi connectivity index (χ1v) is 5.47. The van der Waals surface area contributed by atoms with Crippen molar-refractivity contribution >= 4 is 5.91 Å². The van der Waals surface area contributed by atoms with E-state index >= 15 is 0 Å².